The third kappa shape index (κ3) is 2.70. The summed E-state index contributed by atoms with van der Waals surface area (Å²) in [6.07, 6.45) is 3.53. The van der Waals surface area contributed by atoms with E-state index in [2.05, 4.69) is 10.3 Å². The van der Waals surface area contributed by atoms with Crippen molar-refractivity contribution in [3.05, 3.63) is 17.8 Å². The summed E-state index contributed by atoms with van der Waals surface area (Å²) >= 11 is 0. The highest BCUT2D eigenvalue weighted by atomic mass is 16.5. The number of hydrogen-bond acceptors (Lipinski definition) is 5. The van der Waals surface area contributed by atoms with Crippen molar-refractivity contribution in [1.82, 2.24) is 4.98 Å². The van der Waals surface area contributed by atoms with Crippen LogP contribution in [0.2, 0.25) is 0 Å². The summed E-state index contributed by atoms with van der Waals surface area (Å²) < 4.78 is 5.66. The number of nitrogens with one attached hydrogen (secondary N) is 1. The second kappa shape index (κ2) is 4.81. The van der Waals surface area contributed by atoms with E-state index in [-0.39, 0.29) is 5.60 Å². The van der Waals surface area contributed by atoms with Crippen molar-refractivity contribution in [1.29, 1.82) is 0 Å². The number of rotatable bonds is 4. The summed E-state index contributed by atoms with van der Waals surface area (Å²) in [5.74, 6) is -0.0942. The summed E-state index contributed by atoms with van der Waals surface area (Å²) in [5.41, 5.74) is 11.4. The van der Waals surface area contributed by atoms with Crippen molar-refractivity contribution in [2.24, 2.45) is 5.73 Å². The highest BCUT2D eigenvalue weighted by molar-refractivity contribution is 5.98. The van der Waals surface area contributed by atoms with Crippen LogP contribution in [0, 0.1) is 0 Å². The van der Waals surface area contributed by atoms with Gasteiger partial charge in [0.1, 0.15) is 5.82 Å². The Hall–Kier alpha value is -1.82. The van der Waals surface area contributed by atoms with E-state index in [0.29, 0.717) is 23.6 Å². The molecule has 0 spiro atoms. The lowest BCUT2D eigenvalue weighted by atomic mass is 10.0. The van der Waals surface area contributed by atoms with Crippen LogP contribution in [0.15, 0.2) is 12.3 Å². The van der Waals surface area contributed by atoms with Gasteiger partial charge in [-0.2, -0.15) is 0 Å². The maximum absolute atomic E-state index is 11.3. The molecule has 1 amide bonds. The first-order valence-electron chi connectivity index (χ1n) is 5.93. The molecule has 0 saturated carbocycles. The molecule has 1 aliphatic rings. The lowest BCUT2D eigenvalue weighted by Gasteiger charge is -2.24. The Morgan fingerprint density at radius 1 is 1.67 bits per heavy atom. The average molecular weight is 250 g/mol. The minimum absolute atomic E-state index is 0.210. The van der Waals surface area contributed by atoms with Crippen LogP contribution in [0.5, 0.6) is 0 Å². The fourth-order valence-corrected chi connectivity index (χ4v) is 2.06. The number of ether oxygens (including phenoxy) is 1. The number of carbonyl (C=O) groups is 1. The predicted octanol–water partition coefficient (Wildman–Crippen LogP) is 0.744. The molecule has 2 heterocycles. The fraction of sp³-hybridized carbons (Fsp3) is 0.500. The lowest BCUT2D eigenvalue weighted by Crippen LogP contribution is -2.33. The first-order valence-corrected chi connectivity index (χ1v) is 5.93. The van der Waals surface area contributed by atoms with Crippen LogP contribution in [-0.2, 0) is 4.74 Å². The first kappa shape index (κ1) is 12.6. The van der Waals surface area contributed by atoms with Gasteiger partial charge < -0.3 is 21.5 Å². The van der Waals surface area contributed by atoms with Crippen molar-refractivity contribution in [2.75, 3.05) is 24.2 Å². The maximum atomic E-state index is 11.3. The van der Waals surface area contributed by atoms with Gasteiger partial charge >= 0.3 is 0 Å². The van der Waals surface area contributed by atoms with Crippen LogP contribution in [0.3, 0.4) is 0 Å². The second-order valence-corrected chi connectivity index (χ2v) is 4.78. The van der Waals surface area contributed by atoms with Gasteiger partial charge in [-0.3, -0.25) is 4.79 Å². The zero-order valence-electron chi connectivity index (χ0n) is 10.4. The van der Waals surface area contributed by atoms with Crippen LogP contribution in [-0.4, -0.2) is 29.6 Å². The summed E-state index contributed by atoms with van der Waals surface area (Å²) in [4.78, 5) is 15.4. The average Bonchev–Trinajstić information content (AvgIpc) is 2.75. The van der Waals surface area contributed by atoms with Crippen LogP contribution in [0.25, 0.3) is 0 Å². The number of anilines is 2. The molecule has 1 unspecified atom stereocenters. The molecule has 1 saturated heterocycles. The smallest absolute Gasteiger partial charge is 0.252 e. The largest absolute Gasteiger partial charge is 0.397 e. The predicted molar refractivity (Wildman–Crippen MR) is 69.2 cm³/mol. The van der Waals surface area contributed by atoms with Crippen molar-refractivity contribution in [3.63, 3.8) is 0 Å². The minimum Gasteiger partial charge on any atom is -0.397 e. The molecule has 0 aliphatic carbocycles. The van der Waals surface area contributed by atoms with E-state index in [9.17, 15) is 4.79 Å². The summed E-state index contributed by atoms with van der Waals surface area (Å²) in [7, 11) is 0. The van der Waals surface area contributed by atoms with Gasteiger partial charge in [-0.05, 0) is 25.8 Å². The van der Waals surface area contributed by atoms with Crippen molar-refractivity contribution in [3.8, 4) is 0 Å². The number of nitrogens with zero attached hydrogens (tertiary/aromatic N) is 1. The van der Waals surface area contributed by atoms with Crippen LogP contribution in [0.4, 0.5) is 11.5 Å². The van der Waals surface area contributed by atoms with E-state index in [0.717, 1.165) is 19.4 Å². The maximum Gasteiger partial charge on any atom is 0.252 e. The van der Waals surface area contributed by atoms with Gasteiger partial charge in [-0.15, -0.1) is 0 Å². The Kier molecular flexibility index (Phi) is 3.38. The molecule has 0 aromatic carbocycles. The summed E-state index contributed by atoms with van der Waals surface area (Å²) in [5, 5.41) is 3.11. The molecule has 6 heteroatoms. The van der Waals surface area contributed by atoms with Crippen molar-refractivity contribution < 1.29 is 9.53 Å². The van der Waals surface area contributed by atoms with Gasteiger partial charge in [0.25, 0.3) is 5.91 Å². The quantitative estimate of drug-likeness (QED) is 0.731. The molecule has 1 atom stereocenters. The monoisotopic (exact) mass is 250 g/mol. The zero-order chi connectivity index (χ0) is 13.2. The van der Waals surface area contributed by atoms with Crippen molar-refractivity contribution in [2.45, 2.75) is 25.4 Å². The molecule has 0 radical (unpaired) electrons. The number of hydrogen-bond donors (Lipinski definition) is 3. The van der Waals surface area contributed by atoms with E-state index in [4.69, 9.17) is 16.2 Å². The summed E-state index contributed by atoms with van der Waals surface area (Å²) in [6.45, 7) is 3.40. The number of nitrogens with two attached hydrogens (primary N) is 2. The van der Waals surface area contributed by atoms with E-state index < -0.39 is 5.91 Å². The highest BCUT2D eigenvalue weighted by Crippen LogP contribution is 2.25. The van der Waals surface area contributed by atoms with Gasteiger partial charge in [-0.1, -0.05) is 0 Å². The lowest BCUT2D eigenvalue weighted by molar-refractivity contribution is 0.0314. The highest BCUT2D eigenvalue weighted by Gasteiger charge is 2.29. The van der Waals surface area contributed by atoms with Gasteiger partial charge in [0.05, 0.1) is 23.0 Å². The molecule has 6 nitrogen and oxygen atoms in total. The first-order chi connectivity index (χ1) is 8.50. The van der Waals surface area contributed by atoms with Gasteiger partial charge in [-0.25, -0.2) is 4.98 Å². The van der Waals surface area contributed by atoms with Gasteiger partial charge in [0, 0.05) is 13.2 Å². The molecule has 0 bridgehead atoms. The van der Waals surface area contributed by atoms with Crippen LogP contribution >= 0.6 is 0 Å². The van der Waals surface area contributed by atoms with Crippen LogP contribution in [0.1, 0.15) is 30.1 Å². The number of nitrogen functional groups attached to an aromatic ring is 1. The minimum atomic E-state index is -0.546. The number of pyridine rings is 1. The molecule has 5 N–H and O–H groups in total. The summed E-state index contributed by atoms with van der Waals surface area (Å²) in [6, 6.07) is 1.52. The third-order valence-corrected chi connectivity index (χ3v) is 3.10. The molecule has 98 valence electrons. The van der Waals surface area contributed by atoms with Crippen molar-refractivity contribution >= 4 is 17.4 Å². The molecule has 1 aliphatic heterocycles. The van der Waals surface area contributed by atoms with E-state index in [1.165, 1.54) is 12.3 Å². The number of primary amides is 1. The number of amides is 1. The third-order valence-electron chi connectivity index (χ3n) is 3.10. The van der Waals surface area contributed by atoms with E-state index in [1.807, 2.05) is 6.92 Å². The molecular formula is C12H18N4O2. The second-order valence-electron chi connectivity index (χ2n) is 4.78. The molecule has 18 heavy (non-hydrogen) atoms. The molecular weight excluding hydrogens is 232 g/mol. The standard InChI is InChI=1S/C12H18N4O2/c1-12(3-2-4-18-12)7-16-11-9(10(14)17)5-8(13)6-15-11/h5-6H,2-4,7,13H2,1H3,(H2,14,17)(H,15,16). The molecule has 1 fully saturated rings. The zero-order valence-corrected chi connectivity index (χ0v) is 10.4. The Balaban J connectivity index is 2.11. The Labute approximate surface area is 106 Å². The fourth-order valence-electron chi connectivity index (χ4n) is 2.06. The topological polar surface area (TPSA) is 103 Å². The van der Waals surface area contributed by atoms with E-state index in [1.54, 1.807) is 0 Å². The van der Waals surface area contributed by atoms with Gasteiger partial charge in [0.15, 0.2) is 0 Å². The Morgan fingerprint density at radius 3 is 3.06 bits per heavy atom. The number of aromatic nitrogens is 1. The Morgan fingerprint density at radius 2 is 2.44 bits per heavy atom. The van der Waals surface area contributed by atoms with E-state index >= 15 is 0 Å². The normalized spacial score (nSPS) is 22.9. The SMILES string of the molecule is CC1(CNc2ncc(N)cc2C(N)=O)CCCO1. The molecule has 1 aromatic rings. The number of carbonyl (C=O) groups excluding carboxylic acids is 1. The Bertz CT molecular complexity index is 455. The molecule has 2 rings (SSSR count). The van der Waals surface area contributed by atoms with Crippen LogP contribution < -0.4 is 16.8 Å². The van der Waals surface area contributed by atoms with Gasteiger partial charge in [0.2, 0.25) is 0 Å². The molecule has 1 aromatic heterocycles.